The van der Waals surface area contributed by atoms with Gasteiger partial charge < -0.3 is 0 Å². The van der Waals surface area contributed by atoms with Crippen molar-refractivity contribution in [3.05, 3.63) is 75.4 Å². The number of thiophene rings is 2. The summed E-state index contributed by atoms with van der Waals surface area (Å²) in [6, 6.07) is 14.4. The minimum Gasteiger partial charge on any atom is -0.258 e. The van der Waals surface area contributed by atoms with Gasteiger partial charge >= 0.3 is 0 Å². The molecule has 0 aliphatic carbocycles. The zero-order valence-corrected chi connectivity index (χ0v) is 14.9. The Bertz CT molecular complexity index is 1060. The lowest BCUT2D eigenvalue weighted by molar-refractivity contribution is -0.384. The fraction of sp³-hybridized carbons (Fsp3) is 0. The highest BCUT2D eigenvalue weighted by molar-refractivity contribution is 7.22. The van der Waals surface area contributed by atoms with E-state index >= 15 is 0 Å². The minimum atomic E-state index is -0.424. The average Bonchev–Trinajstić information content (AvgIpc) is 3.40. The predicted molar refractivity (Wildman–Crippen MR) is 102 cm³/mol. The molecule has 0 N–H and O–H groups in total. The Kier molecular flexibility index (Phi) is 4.38. The van der Waals surface area contributed by atoms with Gasteiger partial charge in [0, 0.05) is 21.9 Å². The van der Waals surface area contributed by atoms with Gasteiger partial charge in [-0.3, -0.25) is 10.1 Å². The number of hydrogen-bond acceptors (Lipinski definition) is 7. The van der Waals surface area contributed by atoms with E-state index in [1.54, 1.807) is 47.0 Å². The van der Waals surface area contributed by atoms with Crippen LogP contribution in [0.2, 0.25) is 0 Å². The molecule has 26 heavy (non-hydrogen) atoms. The highest BCUT2D eigenvalue weighted by Gasteiger charge is 2.08. The maximum absolute atomic E-state index is 10.7. The SMILES string of the molecule is O=[N+]([O-])c1ccc(/C=C/c2nnn(-c3ccc(-c4cccs4)s3)n2)cc1. The van der Waals surface area contributed by atoms with E-state index in [1.807, 2.05) is 23.6 Å². The van der Waals surface area contributed by atoms with Crippen LogP contribution in [0, 0.1) is 10.1 Å². The molecule has 0 aliphatic rings. The normalized spacial score (nSPS) is 11.2. The second-order valence-electron chi connectivity index (χ2n) is 5.23. The minimum absolute atomic E-state index is 0.0606. The van der Waals surface area contributed by atoms with Crippen LogP contribution in [0.3, 0.4) is 0 Å². The van der Waals surface area contributed by atoms with Crippen LogP contribution in [0.15, 0.2) is 53.9 Å². The van der Waals surface area contributed by atoms with E-state index in [9.17, 15) is 10.1 Å². The van der Waals surface area contributed by atoms with E-state index < -0.39 is 4.92 Å². The molecule has 0 saturated heterocycles. The predicted octanol–water partition coefficient (Wildman–Crippen LogP) is 4.53. The standard InChI is InChI=1S/C17H11N5O2S2/c23-22(24)13-6-3-12(4-7-13)5-9-16-18-20-21(19-16)17-10-8-15(26-17)14-2-1-11-25-14/h1-11H/b9-5+. The lowest BCUT2D eigenvalue weighted by atomic mass is 10.2. The van der Waals surface area contributed by atoms with Crippen LogP contribution in [-0.4, -0.2) is 25.1 Å². The molecular formula is C17H11N5O2S2. The van der Waals surface area contributed by atoms with E-state index in [0.717, 1.165) is 15.4 Å². The van der Waals surface area contributed by atoms with Gasteiger partial charge in [0.25, 0.3) is 5.69 Å². The van der Waals surface area contributed by atoms with Crippen molar-refractivity contribution in [3.8, 4) is 14.8 Å². The van der Waals surface area contributed by atoms with Gasteiger partial charge in [-0.05, 0) is 52.6 Å². The lowest BCUT2D eigenvalue weighted by Gasteiger charge is -1.93. The molecule has 0 unspecified atom stereocenters. The second-order valence-corrected chi connectivity index (χ2v) is 7.24. The summed E-state index contributed by atoms with van der Waals surface area (Å²) >= 11 is 3.29. The molecule has 9 heteroatoms. The summed E-state index contributed by atoms with van der Waals surface area (Å²) in [5.41, 5.74) is 0.883. The fourth-order valence-electron chi connectivity index (χ4n) is 2.25. The summed E-state index contributed by atoms with van der Waals surface area (Å²) in [6.07, 6.45) is 3.51. The van der Waals surface area contributed by atoms with E-state index in [0.29, 0.717) is 5.82 Å². The van der Waals surface area contributed by atoms with E-state index in [1.165, 1.54) is 21.8 Å². The molecule has 3 heterocycles. The highest BCUT2D eigenvalue weighted by atomic mass is 32.1. The number of hydrogen-bond donors (Lipinski definition) is 0. The second kappa shape index (κ2) is 6.98. The van der Waals surface area contributed by atoms with Crippen molar-refractivity contribution in [1.82, 2.24) is 20.2 Å². The Labute approximate surface area is 156 Å². The van der Waals surface area contributed by atoms with Crippen molar-refractivity contribution in [3.63, 3.8) is 0 Å². The van der Waals surface area contributed by atoms with Gasteiger partial charge in [0.2, 0.25) is 0 Å². The molecule has 3 aromatic heterocycles. The number of nitrogens with zero attached hydrogens (tertiary/aromatic N) is 5. The summed E-state index contributed by atoms with van der Waals surface area (Å²) in [5, 5.41) is 26.0. The molecule has 0 radical (unpaired) electrons. The smallest absolute Gasteiger partial charge is 0.258 e. The molecular weight excluding hydrogens is 370 g/mol. The van der Waals surface area contributed by atoms with Gasteiger partial charge in [-0.1, -0.05) is 12.1 Å². The average molecular weight is 381 g/mol. The Morgan fingerprint density at radius 3 is 2.62 bits per heavy atom. The Morgan fingerprint density at radius 2 is 1.88 bits per heavy atom. The summed E-state index contributed by atoms with van der Waals surface area (Å²) in [7, 11) is 0. The van der Waals surface area contributed by atoms with Gasteiger partial charge in [0.1, 0.15) is 5.00 Å². The van der Waals surface area contributed by atoms with Crippen LogP contribution in [-0.2, 0) is 0 Å². The molecule has 1 aromatic carbocycles. The van der Waals surface area contributed by atoms with Crippen molar-refractivity contribution in [2.75, 3.05) is 0 Å². The molecule has 4 rings (SSSR count). The van der Waals surface area contributed by atoms with Gasteiger partial charge in [-0.25, -0.2) is 0 Å². The van der Waals surface area contributed by atoms with Gasteiger partial charge in [0.05, 0.1) is 4.92 Å². The lowest BCUT2D eigenvalue weighted by Crippen LogP contribution is -1.95. The van der Waals surface area contributed by atoms with Crippen LogP contribution >= 0.6 is 22.7 Å². The molecule has 0 spiro atoms. The number of benzene rings is 1. The third kappa shape index (κ3) is 3.44. The first kappa shape index (κ1) is 16.3. The molecule has 0 amide bonds. The molecule has 0 saturated carbocycles. The Balaban J connectivity index is 1.50. The van der Waals surface area contributed by atoms with Crippen molar-refractivity contribution in [2.24, 2.45) is 0 Å². The number of aromatic nitrogens is 4. The fourth-order valence-corrected chi connectivity index (χ4v) is 3.99. The van der Waals surface area contributed by atoms with Crippen LogP contribution in [0.5, 0.6) is 0 Å². The first-order chi connectivity index (χ1) is 12.7. The van der Waals surface area contributed by atoms with E-state index in [4.69, 9.17) is 0 Å². The molecule has 0 bridgehead atoms. The topological polar surface area (TPSA) is 86.7 Å². The third-order valence-electron chi connectivity index (χ3n) is 3.51. The zero-order chi connectivity index (χ0) is 17.9. The van der Waals surface area contributed by atoms with Crippen LogP contribution < -0.4 is 0 Å². The number of tetrazole rings is 1. The summed E-state index contributed by atoms with van der Waals surface area (Å²) in [6.45, 7) is 0. The molecule has 0 fully saturated rings. The number of nitro groups is 1. The first-order valence-electron chi connectivity index (χ1n) is 7.56. The highest BCUT2D eigenvalue weighted by Crippen LogP contribution is 2.32. The van der Waals surface area contributed by atoms with Crippen LogP contribution in [0.1, 0.15) is 11.4 Å². The number of nitro benzene ring substituents is 1. The largest absolute Gasteiger partial charge is 0.269 e. The number of rotatable bonds is 5. The van der Waals surface area contributed by atoms with E-state index in [2.05, 4.69) is 21.5 Å². The van der Waals surface area contributed by atoms with E-state index in [-0.39, 0.29) is 5.69 Å². The van der Waals surface area contributed by atoms with Gasteiger partial charge in [-0.2, -0.15) is 0 Å². The van der Waals surface area contributed by atoms with Crippen LogP contribution in [0.4, 0.5) is 5.69 Å². The van der Waals surface area contributed by atoms with Crippen molar-refractivity contribution < 1.29 is 4.92 Å². The zero-order valence-electron chi connectivity index (χ0n) is 13.2. The first-order valence-corrected chi connectivity index (χ1v) is 9.25. The summed E-state index contributed by atoms with van der Waals surface area (Å²) in [5.74, 6) is 0.467. The van der Waals surface area contributed by atoms with Gasteiger partial charge in [0.15, 0.2) is 5.82 Å². The van der Waals surface area contributed by atoms with Gasteiger partial charge in [-0.15, -0.1) is 37.7 Å². The molecule has 7 nitrogen and oxygen atoms in total. The van der Waals surface area contributed by atoms with Crippen molar-refractivity contribution in [1.29, 1.82) is 0 Å². The van der Waals surface area contributed by atoms with Crippen molar-refractivity contribution >= 4 is 40.5 Å². The number of non-ortho nitro benzene ring substituents is 1. The third-order valence-corrected chi connectivity index (χ3v) is 5.63. The Morgan fingerprint density at radius 1 is 1.04 bits per heavy atom. The van der Waals surface area contributed by atoms with Crippen LogP contribution in [0.25, 0.3) is 26.9 Å². The maximum atomic E-state index is 10.7. The molecule has 128 valence electrons. The Hall–Kier alpha value is -3.17. The maximum Gasteiger partial charge on any atom is 0.269 e. The summed E-state index contributed by atoms with van der Waals surface area (Å²) < 4.78 is 0. The molecule has 0 atom stereocenters. The molecule has 4 aromatic rings. The van der Waals surface area contributed by atoms with Crippen molar-refractivity contribution in [2.45, 2.75) is 0 Å². The molecule has 0 aliphatic heterocycles. The monoisotopic (exact) mass is 381 g/mol. The quantitative estimate of drug-likeness (QED) is 0.374. The summed E-state index contributed by atoms with van der Waals surface area (Å²) in [4.78, 5) is 14.1.